The molecule has 3 aromatic carbocycles. The first-order chi connectivity index (χ1) is 11.8. The molecule has 0 aliphatic carbocycles. The van der Waals surface area contributed by atoms with Gasteiger partial charge < -0.3 is 9.64 Å². The van der Waals surface area contributed by atoms with Crippen LogP contribution in [-0.4, -0.2) is 0 Å². The van der Waals surface area contributed by atoms with Crippen LogP contribution in [0, 0.1) is 6.92 Å². The molecule has 0 fully saturated rings. The Balaban J connectivity index is 1.74. The second-order valence-electron chi connectivity index (χ2n) is 5.98. The Morgan fingerprint density at radius 2 is 1.25 bits per heavy atom. The molecule has 0 radical (unpaired) electrons. The smallest absolute Gasteiger partial charge is 0.144 e. The van der Waals surface area contributed by atoms with Crippen LogP contribution in [0.25, 0.3) is 0 Å². The quantitative estimate of drug-likeness (QED) is 0.581. The molecule has 0 aromatic heterocycles. The van der Waals surface area contributed by atoms with Gasteiger partial charge in [0.25, 0.3) is 0 Å². The van der Waals surface area contributed by atoms with Crippen LogP contribution >= 0.6 is 0 Å². The minimum atomic E-state index is 0.101. The standard InChI is InChI=1S/C22H19NO/c1-17-7-11-20(12-8-17)23(19-5-3-2-4-6-19)21-13-9-18(10-14-21)22-15-16-24-22/h2-16,22H,1H3. The number of hydrogen-bond donors (Lipinski definition) is 0. The highest BCUT2D eigenvalue weighted by molar-refractivity contribution is 5.76. The zero-order valence-electron chi connectivity index (χ0n) is 13.6. The molecule has 0 saturated carbocycles. The van der Waals surface area contributed by atoms with Gasteiger partial charge in [0.15, 0.2) is 0 Å². The average molecular weight is 313 g/mol. The zero-order valence-corrected chi connectivity index (χ0v) is 13.6. The minimum Gasteiger partial charge on any atom is -0.489 e. The van der Waals surface area contributed by atoms with Crippen molar-refractivity contribution in [3.63, 3.8) is 0 Å². The summed E-state index contributed by atoms with van der Waals surface area (Å²) in [5.74, 6) is 0. The van der Waals surface area contributed by atoms with E-state index in [1.54, 1.807) is 6.26 Å². The summed E-state index contributed by atoms with van der Waals surface area (Å²) in [5.41, 5.74) is 5.87. The lowest BCUT2D eigenvalue weighted by molar-refractivity contribution is 0.141. The third-order valence-corrected chi connectivity index (χ3v) is 4.26. The van der Waals surface area contributed by atoms with Gasteiger partial charge in [0.05, 0.1) is 6.26 Å². The number of benzene rings is 3. The predicted molar refractivity (Wildman–Crippen MR) is 98.8 cm³/mol. The van der Waals surface area contributed by atoms with Gasteiger partial charge >= 0.3 is 0 Å². The molecule has 24 heavy (non-hydrogen) atoms. The van der Waals surface area contributed by atoms with Crippen LogP contribution in [0.2, 0.25) is 0 Å². The molecule has 0 spiro atoms. The van der Waals surface area contributed by atoms with Crippen molar-refractivity contribution in [2.24, 2.45) is 0 Å². The number of hydrogen-bond acceptors (Lipinski definition) is 2. The molecule has 1 atom stereocenters. The molecule has 2 nitrogen and oxygen atoms in total. The largest absolute Gasteiger partial charge is 0.489 e. The second kappa shape index (κ2) is 6.25. The van der Waals surface area contributed by atoms with Gasteiger partial charge in [-0.1, -0.05) is 48.0 Å². The van der Waals surface area contributed by atoms with Gasteiger partial charge in [-0.05, 0) is 55.0 Å². The maximum absolute atomic E-state index is 5.41. The Bertz CT molecular complexity index is 835. The highest BCUT2D eigenvalue weighted by Gasteiger charge is 2.16. The van der Waals surface area contributed by atoms with Crippen molar-refractivity contribution in [2.75, 3.05) is 4.90 Å². The van der Waals surface area contributed by atoms with Crippen LogP contribution in [0.15, 0.2) is 91.2 Å². The first-order valence-corrected chi connectivity index (χ1v) is 8.15. The Morgan fingerprint density at radius 3 is 1.79 bits per heavy atom. The molecule has 3 aromatic rings. The average Bonchev–Trinajstić information content (AvgIpc) is 2.58. The second-order valence-corrected chi connectivity index (χ2v) is 5.98. The lowest BCUT2D eigenvalue weighted by Gasteiger charge is -2.26. The van der Waals surface area contributed by atoms with E-state index in [4.69, 9.17) is 4.74 Å². The predicted octanol–water partition coefficient (Wildman–Crippen LogP) is 6.05. The van der Waals surface area contributed by atoms with Crippen LogP contribution in [-0.2, 0) is 4.74 Å². The number of anilines is 3. The molecule has 1 unspecified atom stereocenters. The fraction of sp³-hybridized carbons (Fsp3) is 0.0909. The first-order valence-electron chi connectivity index (χ1n) is 8.15. The van der Waals surface area contributed by atoms with Crippen LogP contribution in [0.4, 0.5) is 17.1 Å². The van der Waals surface area contributed by atoms with E-state index in [1.807, 2.05) is 6.07 Å². The van der Waals surface area contributed by atoms with Crippen molar-refractivity contribution in [1.29, 1.82) is 0 Å². The van der Waals surface area contributed by atoms with Gasteiger partial charge in [-0.15, -0.1) is 0 Å². The Kier molecular flexibility index (Phi) is 3.80. The first kappa shape index (κ1) is 14.6. The summed E-state index contributed by atoms with van der Waals surface area (Å²) in [6, 6.07) is 27.6. The third kappa shape index (κ3) is 2.79. The summed E-state index contributed by atoms with van der Waals surface area (Å²) in [6.07, 6.45) is 3.90. The van der Waals surface area contributed by atoms with Gasteiger partial charge in [0.1, 0.15) is 6.10 Å². The van der Waals surface area contributed by atoms with E-state index in [2.05, 4.69) is 90.7 Å². The zero-order chi connectivity index (χ0) is 16.4. The molecule has 0 N–H and O–H groups in total. The van der Waals surface area contributed by atoms with E-state index in [1.165, 1.54) is 11.1 Å². The minimum absolute atomic E-state index is 0.101. The molecule has 1 aliphatic heterocycles. The fourth-order valence-electron chi connectivity index (χ4n) is 2.88. The van der Waals surface area contributed by atoms with Gasteiger partial charge in [-0.3, -0.25) is 0 Å². The maximum atomic E-state index is 5.41. The molecule has 0 amide bonds. The number of nitrogens with zero attached hydrogens (tertiary/aromatic N) is 1. The summed E-state index contributed by atoms with van der Waals surface area (Å²) < 4.78 is 5.41. The fourth-order valence-corrected chi connectivity index (χ4v) is 2.88. The van der Waals surface area contributed by atoms with Gasteiger partial charge in [-0.2, -0.15) is 0 Å². The summed E-state index contributed by atoms with van der Waals surface area (Å²) in [6.45, 7) is 2.11. The summed E-state index contributed by atoms with van der Waals surface area (Å²) in [7, 11) is 0. The maximum Gasteiger partial charge on any atom is 0.144 e. The summed E-state index contributed by atoms with van der Waals surface area (Å²) in [4.78, 5) is 2.26. The third-order valence-electron chi connectivity index (χ3n) is 4.26. The van der Waals surface area contributed by atoms with Crippen LogP contribution in [0.1, 0.15) is 17.2 Å². The highest BCUT2D eigenvalue weighted by Crippen LogP contribution is 2.35. The number of para-hydroxylation sites is 1. The SMILES string of the molecule is Cc1ccc(N(c2ccccc2)c2ccc(C3C=CO3)cc2)cc1. The number of ether oxygens (including phenoxy) is 1. The van der Waals surface area contributed by atoms with E-state index >= 15 is 0 Å². The van der Waals surface area contributed by atoms with Gasteiger partial charge in [0.2, 0.25) is 0 Å². The molecule has 0 saturated heterocycles. The molecular weight excluding hydrogens is 294 g/mol. The Hall–Kier alpha value is -3.00. The lowest BCUT2D eigenvalue weighted by atomic mass is 10.1. The highest BCUT2D eigenvalue weighted by atomic mass is 16.5. The van der Waals surface area contributed by atoms with Gasteiger partial charge in [0, 0.05) is 17.1 Å². The van der Waals surface area contributed by atoms with Crippen LogP contribution < -0.4 is 4.90 Å². The van der Waals surface area contributed by atoms with E-state index in [9.17, 15) is 0 Å². The topological polar surface area (TPSA) is 12.5 Å². The number of aryl methyl sites for hydroxylation is 1. The van der Waals surface area contributed by atoms with E-state index < -0.39 is 0 Å². The molecule has 1 aliphatic rings. The van der Waals surface area contributed by atoms with Crippen molar-refractivity contribution in [3.05, 3.63) is 102 Å². The van der Waals surface area contributed by atoms with Crippen LogP contribution in [0.3, 0.4) is 0 Å². The Morgan fingerprint density at radius 1 is 0.708 bits per heavy atom. The molecule has 2 heteroatoms. The molecule has 4 rings (SSSR count). The summed E-state index contributed by atoms with van der Waals surface area (Å²) in [5, 5.41) is 0. The van der Waals surface area contributed by atoms with E-state index in [0.29, 0.717) is 0 Å². The molecule has 1 heterocycles. The Labute approximate surface area is 142 Å². The normalized spacial score (nSPS) is 15.5. The molecule has 118 valence electrons. The van der Waals surface area contributed by atoms with Crippen molar-refractivity contribution < 1.29 is 4.74 Å². The van der Waals surface area contributed by atoms with Gasteiger partial charge in [-0.25, -0.2) is 0 Å². The van der Waals surface area contributed by atoms with Crippen molar-refractivity contribution in [1.82, 2.24) is 0 Å². The summed E-state index contributed by atoms with van der Waals surface area (Å²) >= 11 is 0. The van der Waals surface area contributed by atoms with E-state index in [-0.39, 0.29) is 6.10 Å². The monoisotopic (exact) mass is 313 g/mol. The van der Waals surface area contributed by atoms with Crippen molar-refractivity contribution >= 4 is 17.1 Å². The van der Waals surface area contributed by atoms with E-state index in [0.717, 1.165) is 17.1 Å². The lowest BCUT2D eigenvalue weighted by Crippen LogP contribution is -2.10. The van der Waals surface area contributed by atoms with Crippen molar-refractivity contribution in [3.8, 4) is 0 Å². The molecular formula is C22H19NO. The van der Waals surface area contributed by atoms with Crippen molar-refractivity contribution in [2.45, 2.75) is 13.0 Å². The molecule has 0 bridgehead atoms. The number of rotatable bonds is 4. The van der Waals surface area contributed by atoms with Crippen LogP contribution in [0.5, 0.6) is 0 Å².